The van der Waals surface area contributed by atoms with E-state index in [9.17, 15) is 23.2 Å². The van der Waals surface area contributed by atoms with Crippen LogP contribution >= 0.6 is 0 Å². The zero-order valence-electron chi connectivity index (χ0n) is 18.5. The van der Waals surface area contributed by atoms with Crippen molar-refractivity contribution in [3.63, 3.8) is 0 Å². The third kappa shape index (κ3) is 5.33. The molecule has 2 saturated heterocycles. The molecule has 3 amide bonds. The molecule has 2 aliphatic heterocycles. The van der Waals surface area contributed by atoms with Crippen LogP contribution in [0.2, 0.25) is 0 Å². The zero-order chi connectivity index (χ0) is 23.5. The first-order valence-electron chi connectivity index (χ1n) is 11.6. The second-order valence-electron chi connectivity index (χ2n) is 9.04. The van der Waals surface area contributed by atoms with E-state index < -0.39 is 35.7 Å². The Kier molecular flexibility index (Phi) is 7.23. The van der Waals surface area contributed by atoms with Crippen LogP contribution in [0, 0.1) is 11.6 Å². The lowest BCUT2D eigenvalue weighted by atomic mass is 9.91. The van der Waals surface area contributed by atoms with Gasteiger partial charge in [0.05, 0.1) is 0 Å². The van der Waals surface area contributed by atoms with Crippen LogP contribution in [0.25, 0.3) is 0 Å². The minimum atomic E-state index is -1.22. The number of carbonyl (C=O) groups excluding carboxylic acids is 3. The van der Waals surface area contributed by atoms with Crippen molar-refractivity contribution in [1.82, 2.24) is 15.1 Å². The monoisotopic (exact) mass is 464 g/mol. The minimum Gasteiger partial charge on any atom is -0.368 e. The van der Waals surface area contributed by atoms with Crippen LogP contribution in [-0.2, 0) is 14.3 Å². The number of nitrogens with two attached hydrogens (primary N) is 1. The van der Waals surface area contributed by atoms with Crippen molar-refractivity contribution in [3.05, 3.63) is 35.4 Å². The van der Waals surface area contributed by atoms with E-state index in [-0.39, 0.29) is 36.6 Å². The van der Waals surface area contributed by atoms with Gasteiger partial charge in [0.1, 0.15) is 17.7 Å². The number of hydrogen-bond acceptors (Lipinski definition) is 5. The summed E-state index contributed by atoms with van der Waals surface area (Å²) in [5.74, 6) is -3.30. The van der Waals surface area contributed by atoms with Gasteiger partial charge in [-0.15, -0.1) is 0 Å². The number of nitrogens with one attached hydrogen (secondary N) is 1. The predicted molar refractivity (Wildman–Crippen MR) is 115 cm³/mol. The molecular weight excluding hydrogens is 434 g/mol. The Labute approximate surface area is 191 Å². The fourth-order valence-corrected chi connectivity index (χ4v) is 4.89. The first kappa shape index (κ1) is 23.6. The minimum absolute atomic E-state index is 0.103. The molecule has 2 unspecified atom stereocenters. The molecule has 3 fully saturated rings. The van der Waals surface area contributed by atoms with Crippen LogP contribution < -0.4 is 11.1 Å². The molecule has 1 aromatic carbocycles. The molecule has 10 heteroatoms. The molecule has 2 atom stereocenters. The fraction of sp³-hybridized carbons (Fsp3) is 0.609. The number of carbonyl (C=O) groups is 3. The average Bonchev–Trinajstić information content (AvgIpc) is 3.33. The van der Waals surface area contributed by atoms with Gasteiger partial charge in [0.25, 0.3) is 17.7 Å². The van der Waals surface area contributed by atoms with Crippen LogP contribution in [0.15, 0.2) is 18.2 Å². The quantitative estimate of drug-likeness (QED) is 0.703. The number of ether oxygens (including phenoxy) is 1. The van der Waals surface area contributed by atoms with Crippen LogP contribution in [0.1, 0.15) is 55.3 Å². The topological polar surface area (TPSA) is 105 Å². The molecule has 0 radical (unpaired) electrons. The standard InChI is InChI=1S/C23H30F2N4O4/c24-15-11-14(12-16(25)13-15)22(31)28-8-2-9-29(23(32)19-3-1-10-33-19)21(28)20(30)27-18-6-4-17(26)5-7-18/h11-13,17-19,21H,1-10,26H2,(H,27,30). The highest BCUT2D eigenvalue weighted by Crippen LogP contribution is 2.25. The van der Waals surface area contributed by atoms with E-state index >= 15 is 0 Å². The summed E-state index contributed by atoms with van der Waals surface area (Å²) in [6, 6.07) is 2.54. The van der Waals surface area contributed by atoms with Crippen LogP contribution in [0.3, 0.4) is 0 Å². The maximum absolute atomic E-state index is 13.8. The highest BCUT2D eigenvalue weighted by atomic mass is 19.1. The Morgan fingerprint density at radius 1 is 0.939 bits per heavy atom. The van der Waals surface area contributed by atoms with Gasteiger partial charge in [-0.3, -0.25) is 14.4 Å². The van der Waals surface area contributed by atoms with E-state index in [0.717, 1.165) is 31.4 Å². The molecular formula is C23H30F2N4O4. The molecule has 8 nitrogen and oxygen atoms in total. The maximum atomic E-state index is 13.8. The van der Waals surface area contributed by atoms with Crippen molar-refractivity contribution in [2.45, 2.75) is 69.3 Å². The number of rotatable bonds is 4. The van der Waals surface area contributed by atoms with Gasteiger partial charge in [0.2, 0.25) is 0 Å². The molecule has 0 bridgehead atoms. The van der Waals surface area contributed by atoms with E-state index in [1.165, 1.54) is 9.80 Å². The summed E-state index contributed by atoms with van der Waals surface area (Å²) in [6.45, 7) is 0.933. The summed E-state index contributed by atoms with van der Waals surface area (Å²) in [4.78, 5) is 42.5. The summed E-state index contributed by atoms with van der Waals surface area (Å²) in [5.41, 5.74) is 5.75. The van der Waals surface area contributed by atoms with Crippen molar-refractivity contribution in [2.75, 3.05) is 19.7 Å². The average molecular weight is 465 g/mol. The predicted octanol–water partition coefficient (Wildman–Crippen LogP) is 1.53. The van der Waals surface area contributed by atoms with Gasteiger partial charge in [-0.1, -0.05) is 0 Å². The van der Waals surface area contributed by atoms with Crippen LogP contribution in [-0.4, -0.2) is 71.6 Å². The van der Waals surface area contributed by atoms with E-state index in [2.05, 4.69) is 5.32 Å². The third-order valence-electron chi connectivity index (χ3n) is 6.60. The number of benzene rings is 1. The lowest BCUT2D eigenvalue weighted by molar-refractivity contribution is -0.156. The molecule has 0 aromatic heterocycles. The SMILES string of the molecule is NC1CCC(NC(=O)C2N(C(=O)c3cc(F)cc(F)c3)CCCN2C(=O)C2CCCO2)CC1. The van der Waals surface area contributed by atoms with Gasteiger partial charge >= 0.3 is 0 Å². The highest BCUT2D eigenvalue weighted by molar-refractivity contribution is 5.99. The summed E-state index contributed by atoms with van der Waals surface area (Å²) >= 11 is 0. The zero-order valence-corrected chi connectivity index (χ0v) is 18.5. The normalized spacial score (nSPS) is 28.0. The van der Waals surface area contributed by atoms with Crippen LogP contribution in [0.4, 0.5) is 8.78 Å². The molecule has 180 valence electrons. The fourth-order valence-electron chi connectivity index (χ4n) is 4.89. The van der Waals surface area contributed by atoms with Crippen LogP contribution in [0.5, 0.6) is 0 Å². The first-order valence-corrected chi connectivity index (χ1v) is 11.6. The number of amides is 3. The van der Waals surface area contributed by atoms with E-state index in [0.29, 0.717) is 38.4 Å². The largest absolute Gasteiger partial charge is 0.368 e. The Bertz CT molecular complexity index is 880. The van der Waals surface area contributed by atoms with Crippen molar-refractivity contribution in [2.24, 2.45) is 5.73 Å². The van der Waals surface area contributed by atoms with Gasteiger partial charge in [0, 0.05) is 43.4 Å². The molecule has 3 aliphatic rings. The van der Waals surface area contributed by atoms with Crippen molar-refractivity contribution in [3.8, 4) is 0 Å². The Morgan fingerprint density at radius 2 is 1.61 bits per heavy atom. The second-order valence-corrected chi connectivity index (χ2v) is 9.04. The molecule has 3 N–H and O–H groups in total. The third-order valence-corrected chi connectivity index (χ3v) is 6.60. The number of halogens is 2. The van der Waals surface area contributed by atoms with Gasteiger partial charge in [-0.05, 0) is 57.1 Å². The first-order chi connectivity index (χ1) is 15.8. The molecule has 2 heterocycles. The summed E-state index contributed by atoms with van der Waals surface area (Å²) < 4.78 is 33.1. The van der Waals surface area contributed by atoms with Gasteiger partial charge in [0.15, 0.2) is 6.17 Å². The second kappa shape index (κ2) is 10.1. The molecule has 1 aromatic rings. The van der Waals surface area contributed by atoms with Gasteiger partial charge in [-0.25, -0.2) is 8.78 Å². The Balaban J connectivity index is 1.60. The van der Waals surface area contributed by atoms with E-state index in [1.807, 2.05) is 0 Å². The van der Waals surface area contributed by atoms with Crippen molar-refractivity contribution < 1.29 is 27.9 Å². The lowest BCUT2D eigenvalue weighted by Crippen LogP contribution is -2.65. The summed E-state index contributed by atoms with van der Waals surface area (Å²) in [6.07, 6.45) is 2.83. The lowest BCUT2D eigenvalue weighted by Gasteiger charge is -2.44. The summed E-state index contributed by atoms with van der Waals surface area (Å²) in [5, 5.41) is 2.97. The summed E-state index contributed by atoms with van der Waals surface area (Å²) in [7, 11) is 0. The molecule has 33 heavy (non-hydrogen) atoms. The van der Waals surface area contributed by atoms with Crippen molar-refractivity contribution in [1.29, 1.82) is 0 Å². The number of hydrogen-bond donors (Lipinski definition) is 2. The Morgan fingerprint density at radius 3 is 2.24 bits per heavy atom. The van der Waals surface area contributed by atoms with Gasteiger partial charge < -0.3 is 25.6 Å². The van der Waals surface area contributed by atoms with E-state index in [4.69, 9.17) is 10.5 Å². The van der Waals surface area contributed by atoms with Crippen molar-refractivity contribution >= 4 is 17.7 Å². The van der Waals surface area contributed by atoms with E-state index in [1.54, 1.807) is 0 Å². The molecule has 1 saturated carbocycles. The van der Waals surface area contributed by atoms with Gasteiger partial charge in [-0.2, -0.15) is 0 Å². The maximum Gasteiger partial charge on any atom is 0.264 e. The Hall–Kier alpha value is -2.59. The molecule has 1 aliphatic carbocycles. The molecule has 0 spiro atoms. The molecule has 4 rings (SSSR count). The smallest absolute Gasteiger partial charge is 0.264 e. The number of nitrogens with zero attached hydrogens (tertiary/aromatic N) is 2. The highest BCUT2D eigenvalue weighted by Gasteiger charge is 2.43.